The summed E-state index contributed by atoms with van der Waals surface area (Å²) in [7, 11) is 1.75. The Morgan fingerprint density at radius 2 is 2.22 bits per heavy atom. The van der Waals surface area contributed by atoms with Gasteiger partial charge in [-0.2, -0.15) is 0 Å². The summed E-state index contributed by atoms with van der Waals surface area (Å²) in [5, 5.41) is 13.9. The summed E-state index contributed by atoms with van der Waals surface area (Å²) in [6.45, 7) is 2.34. The highest BCUT2D eigenvalue weighted by atomic mass is 35.5. The van der Waals surface area contributed by atoms with E-state index in [1.165, 1.54) is 11.3 Å². The molecule has 5 nitrogen and oxygen atoms in total. The van der Waals surface area contributed by atoms with Gasteiger partial charge in [0.15, 0.2) is 0 Å². The molecule has 1 heterocycles. The largest absolute Gasteiger partial charge is 0.331 e. The van der Waals surface area contributed by atoms with Crippen molar-refractivity contribution < 1.29 is 4.79 Å². The van der Waals surface area contributed by atoms with Gasteiger partial charge in [-0.15, -0.1) is 10.2 Å². The van der Waals surface area contributed by atoms with Gasteiger partial charge >= 0.3 is 6.03 Å². The van der Waals surface area contributed by atoms with Gasteiger partial charge in [-0.1, -0.05) is 40.6 Å². The number of aryl methyl sites for hydroxylation is 1. The third-order valence-electron chi connectivity index (χ3n) is 3.88. The predicted molar refractivity (Wildman–Crippen MR) is 92.2 cm³/mol. The lowest BCUT2D eigenvalue weighted by atomic mass is 10.1. The first-order valence-electron chi connectivity index (χ1n) is 7.23. The van der Waals surface area contributed by atoms with Crippen LogP contribution in [0.25, 0.3) is 0 Å². The van der Waals surface area contributed by atoms with Crippen molar-refractivity contribution in [2.45, 2.75) is 32.4 Å². The van der Waals surface area contributed by atoms with Gasteiger partial charge < -0.3 is 10.2 Å². The summed E-state index contributed by atoms with van der Waals surface area (Å²) >= 11 is 13.8. The minimum Gasteiger partial charge on any atom is -0.331 e. The smallest absolute Gasteiger partial charge is 0.318 e. The van der Waals surface area contributed by atoms with Crippen LogP contribution in [0.2, 0.25) is 10.0 Å². The second-order valence-corrected chi connectivity index (χ2v) is 7.59. The number of nitrogens with one attached hydrogen (secondary N) is 1. The monoisotopic (exact) mass is 370 g/mol. The molecular weight excluding hydrogens is 355 g/mol. The van der Waals surface area contributed by atoms with E-state index >= 15 is 0 Å². The van der Waals surface area contributed by atoms with Gasteiger partial charge in [0.25, 0.3) is 0 Å². The van der Waals surface area contributed by atoms with E-state index in [4.69, 9.17) is 23.2 Å². The molecule has 8 heteroatoms. The minimum absolute atomic E-state index is 0.0362. The van der Waals surface area contributed by atoms with Crippen molar-refractivity contribution in [2.24, 2.45) is 0 Å². The number of hydrogen-bond donors (Lipinski definition) is 1. The van der Waals surface area contributed by atoms with Gasteiger partial charge in [0, 0.05) is 7.05 Å². The van der Waals surface area contributed by atoms with Crippen LogP contribution in [0.1, 0.15) is 33.6 Å². The molecule has 1 N–H and O–H groups in total. The fourth-order valence-corrected chi connectivity index (χ4v) is 3.92. The number of urea groups is 1. The molecule has 1 aromatic carbocycles. The zero-order valence-electron chi connectivity index (χ0n) is 12.8. The zero-order valence-corrected chi connectivity index (χ0v) is 15.1. The average molecular weight is 371 g/mol. The van der Waals surface area contributed by atoms with Crippen LogP contribution >= 0.6 is 34.5 Å². The lowest BCUT2D eigenvalue weighted by molar-refractivity contribution is 0.202. The van der Waals surface area contributed by atoms with Crippen molar-refractivity contribution in [1.82, 2.24) is 20.4 Å². The first-order chi connectivity index (χ1) is 11.0. The van der Waals surface area contributed by atoms with Crippen LogP contribution in [0.15, 0.2) is 12.1 Å². The molecule has 0 fully saturated rings. The highest BCUT2D eigenvalue weighted by Gasteiger charge is 2.27. The maximum Gasteiger partial charge on any atom is 0.318 e. The topological polar surface area (TPSA) is 58.1 Å². The minimum atomic E-state index is -0.137. The summed E-state index contributed by atoms with van der Waals surface area (Å²) in [5.74, 6) is 0. The molecule has 2 aromatic rings. The molecule has 1 aliphatic carbocycles. The second kappa shape index (κ2) is 6.63. The predicted octanol–water partition coefficient (Wildman–Crippen LogP) is 3.98. The Hall–Kier alpha value is -1.37. The molecule has 1 aliphatic rings. The number of fused-ring (bicyclic) bond motifs is 1. The number of carbonyl (C=O) groups excluding carboxylic acids is 1. The molecule has 2 amide bonds. The first kappa shape index (κ1) is 16.5. The van der Waals surface area contributed by atoms with E-state index < -0.39 is 0 Å². The van der Waals surface area contributed by atoms with Gasteiger partial charge in [-0.05, 0) is 37.0 Å². The maximum absolute atomic E-state index is 12.4. The zero-order chi connectivity index (χ0) is 16.6. The number of nitrogens with zero attached hydrogens (tertiary/aromatic N) is 3. The average Bonchev–Trinajstić information content (AvgIpc) is 3.10. The molecule has 0 unspecified atom stereocenters. The van der Waals surface area contributed by atoms with E-state index in [9.17, 15) is 4.79 Å². The molecule has 23 heavy (non-hydrogen) atoms. The number of rotatable bonds is 3. The normalized spacial score (nSPS) is 16.3. The van der Waals surface area contributed by atoms with Gasteiger partial charge in [0.2, 0.25) is 0 Å². The van der Waals surface area contributed by atoms with E-state index in [0.717, 1.165) is 34.0 Å². The Morgan fingerprint density at radius 1 is 1.43 bits per heavy atom. The van der Waals surface area contributed by atoms with Crippen molar-refractivity contribution in [3.05, 3.63) is 43.3 Å². The maximum atomic E-state index is 12.4. The van der Waals surface area contributed by atoms with Crippen molar-refractivity contribution in [3.63, 3.8) is 0 Å². The van der Waals surface area contributed by atoms with Crippen molar-refractivity contribution >= 4 is 40.6 Å². The van der Waals surface area contributed by atoms with Gasteiger partial charge in [0.05, 0.1) is 22.6 Å². The van der Waals surface area contributed by atoms with Crippen LogP contribution in [-0.4, -0.2) is 28.2 Å². The summed E-state index contributed by atoms with van der Waals surface area (Å²) in [6.07, 6.45) is 1.64. The fraction of sp³-hybridized carbons (Fsp3) is 0.400. The highest BCUT2D eigenvalue weighted by molar-refractivity contribution is 7.11. The molecule has 3 rings (SSSR count). The summed E-state index contributed by atoms with van der Waals surface area (Å²) in [4.78, 5) is 14.0. The third kappa shape index (κ3) is 3.44. The van der Waals surface area contributed by atoms with E-state index in [2.05, 4.69) is 15.5 Å². The number of halogens is 2. The Kier molecular flexibility index (Phi) is 4.75. The lowest BCUT2D eigenvalue weighted by Gasteiger charge is -2.21. The molecule has 1 aromatic heterocycles. The van der Waals surface area contributed by atoms with Gasteiger partial charge in [-0.3, -0.25) is 0 Å². The number of aromatic nitrogens is 2. The number of amides is 2. The van der Waals surface area contributed by atoms with Crippen molar-refractivity contribution in [1.29, 1.82) is 0 Å². The van der Waals surface area contributed by atoms with Crippen LogP contribution in [-0.2, 0) is 13.0 Å². The SMILES string of the molecule is Cc1nnc(CN(C)C(=O)N[C@H]2CCc3c2ccc(Cl)c3Cl)s1. The molecule has 0 saturated carbocycles. The van der Waals surface area contributed by atoms with E-state index in [0.29, 0.717) is 16.6 Å². The quantitative estimate of drug-likeness (QED) is 0.888. The van der Waals surface area contributed by atoms with E-state index in [-0.39, 0.29) is 12.1 Å². The van der Waals surface area contributed by atoms with E-state index in [1.807, 2.05) is 13.0 Å². The van der Waals surface area contributed by atoms with Crippen molar-refractivity contribution in [2.75, 3.05) is 7.05 Å². The molecule has 0 radical (unpaired) electrons. The number of benzene rings is 1. The number of hydrogen-bond acceptors (Lipinski definition) is 4. The van der Waals surface area contributed by atoms with Gasteiger partial charge in [0.1, 0.15) is 10.0 Å². The van der Waals surface area contributed by atoms with Gasteiger partial charge in [-0.25, -0.2) is 4.79 Å². The fourth-order valence-electron chi connectivity index (χ4n) is 2.72. The Balaban J connectivity index is 1.67. The van der Waals surface area contributed by atoms with Crippen LogP contribution in [0.4, 0.5) is 4.79 Å². The highest BCUT2D eigenvalue weighted by Crippen LogP contribution is 2.39. The molecule has 122 valence electrons. The van der Waals surface area contributed by atoms with Crippen LogP contribution in [0.5, 0.6) is 0 Å². The molecule has 0 saturated heterocycles. The Bertz CT molecular complexity index is 749. The van der Waals surface area contributed by atoms with Crippen LogP contribution in [0.3, 0.4) is 0 Å². The third-order valence-corrected chi connectivity index (χ3v) is 5.54. The molecule has 0 bridgehead atoms. The summed E-state index contributed by atoms with van der Waals surface area (Å²) in [5.41, 5.74) is 2.08. The number of carbonyl (C=O) groups is 1. The molecule has 1 atom stereocenters. The standard InChI is InChI=1S/C15H16Cl2N4OS/c1-8-19-20-13(23-8)7-21(2)15(22)18-12-6-4-10-9(12)3-5-11(16)14(10)17/h3,5,12H,4,6-7H2,1-2H3,(H,18,22)/t12-/m0/s1. The van der Waals surface area contributed by atoms with Crippen LogP contribution < -0.4 is 5.32 Å². The van der Waals surface area contributed by atoms with E-state index in [1.54, 1.807) is 18.0 Å². The Labute approximate surface area is 148 Å². The van der Waals surface area contributed by atoms with Crippen LogP contribution in [0, 0.1) is 6.92 Å². The Morgan fingerprint density at radius 3 is 2.91 bits per heavy atom. The molecule has 0 spiro atoms. The molecular formula is C15H16Cl2N4OS. The second-order valence-electron chi connectivity index (χ2n) is 5.54. The summed E-state index contributed by atoms with van der Waals surface area (Å²) < 4.78 is 0. The summed E-state index contributed by atoms with van der Waals surface area (Å²) in [6, 6.07) is 3.55. The first-order valence-corrected chi connectivity index (χ1v) is 8.80. The van der Waals surface area contributed by atoms with Crippen molar-refractivity contribution in [3.8, 4) is 0 Å². The lowest BCUT2D eigenvalue weighted by Crippen LogP contribution is -2.38. The molecule has 0 aliphatic heterocycles.